The number of nitrogens with zero attached hydrogens (tertiary/aromatic N) is 1. The molecule has 2 atom stereocenters. The molecule has 5 nitrogen and oxygen atoms in total. The van der Waals surface area contributed by atoms with Gasteiger partial charge in [0.25, 0.3) is 0 Å². The number of carbonyl (C=O) groups is 1. The maximum Gasteiger partial charge on any atom is 0.237 e. The van der Waals surface area contributed by atoms with E-state index >= 15 is 0 Å². The Labute approximate surface area is 84.2 Å². The predicted octanol–water partition coefficient (Wildman–Crippen LogP) is -1.07. The summed E-state index contributed by atoms with van der Waals surface area (Å²) in [7, 11) is 0. The Morgan fingerprint density at radius 1 is 1.79 bits per heavy atom. The normalized spacial score (nSPS) is 24.9. The fourth-order valence-corrected chi connectivity index (χ4v) is 1.84. The lowest BCUT2D eigenvalue weighted by atomic mass is 10.1. The largest absolute Gasteiger partial charge is 0.396 e. The molecule has 1 aliphatic rings. The van der Waals surface area contributed by atoms with Crippen LogP contribution in [0.4, 0.5) is 0 Å². The number of hydrazine groups is 1. The molecule has 0 aliphatic carbocycles. The zero-order valence-electron chi connectivity index (χ0n) is 8.57. The fraction of sp³-hybridized carbons (Fsp3) is 0.889. The standard InChI is InChI=1S/C9H19N3O2/c1-7(9(14)11-10)4-12-3-2-8(5-12)6-13/h7-8,13H,2-6,10H2,1H3,(H,11,14). The zero-order valence-corrected chi connectivity index (χ0v) is 8.57. The summed E-state index contributed by atoms with van der Waals surface area (Å²) in [5, 5.41) is 8.95. The minimum Gasteiger partial charge on any atom is -0.396 e. The number of hydrogen-bond donors (Lipinski definition) is 3. The molecule has 5 heteroatoms. The number of nitrogens with one attached hydrogen (secondary N) is 1. The molecule has 0 aromatic rings. The summed E-state index contributed by atoms with van der Waals surface area (Å²) in [6.45, 7) is 4.67. The van der Waals surface area contributed by atoms with E-state index in [1.165, 1.54) is 0 Å². The lowest BCUT2D eigenvalue weighted by molar-refractivity contribution is -0.125. The van der Waals surface area contributed by atoms with Gasteiger partial charge < -0.3 is 10.0 Å². The highest BCUT2D eigenvalue weighted by molar-refractivity contribution is 5.77. The first kappa shape index (κ1) is 11.4. The molecule has 1 amide bonds. The van der Waals surface area contributed by atoms with Crippen LogP contribution < -0.4 is 11.3 Å². The number of likely N-dealkylation sites (tertiary alicyclic amines) is 1. The Morgan fingerprint density at radius 2 is 2.50 bits per heavy atom. The SMILES string of the molecule is CC(CN1CCC(CO)C1)C(=O)NN. The van der Waals surface area contributed by atoms with Crippen LogP contribution >= 0.6 is 0 Å². The first-order valence-corrected chi connectivity index (χ1v) is 5.01. The van der Waals surface area contributed by atoms with Crippen molar-refractivity contribution in [3.63, 3.8) is 0 Å². The highest BCUT2D eigenvalue weighted by Gasteiger charge is 2.24. The highest BCUT2D eigenvalue weighted by atomic mass is 16.3. The minimum atomic E-state index is -0.127. The van der Waals surface area contributed by atoms with Crippen molar-refractivity contribution in [1.82, 2.24) is 10.3 Å². The summed E-state index contributed by atoms with van der Waals surface area (Å²) in [6.07, 6.45) is 1.02. The smallest absolute Gasteiger partial charge is 0.237 e. The Morgan fingerprint density at radius 3 is 3.00 bits per heavy atom. The molecule has 82 valence electrons. The van der Waals surface area contributed by atoms with Gasteiger partial charge in [0, 0.05) is 25.6 Å². The van der Waals surface area contributed by atoms with E-state index in [0.717, 1.165) is 26.1 Å². The summed E-state index contributed by atoms with van der Waals surface area (Å²) in [4.78, 5) is 13.3. The second kappa shape index (κ2) is 5.29. The van der Waals surface area contributed by atoms with E-state index in [1.54, 1.807) is 0 Å². The van der Waals surface area contributed by atoms with E-state index in [-0.39, 0.29) is 18.4 Å². The van der Waals surface area contributed by atoms with Crippen LogP contribution in [0.3, 0.4) is 0 Å². The quantitative estimate of drug-likeness (QED) is 0.307. The second-order valence-electron chi connectivity index (χ2n) is 4.01. The topological polar surface area (TPSA) is 78.6 Å². The molecule has 0 aromatic carbocycles. The van der Waals surface area contributed by atoms with Crippen molar-refractivity contribution >= 4 is 5.91 Å². The van der Waals surface area contributed by atoms with Gasteiger partial charge >= 0.3 is 0 Å². The number of nitrogens with two attached hydrogens (primary N) is 1. The van der Waals surface area contributed by atoms with Crippen molar-refractivity contribution in [2.24, 2.45) is 17.7 Å². The van der Waals surface area contributed by atoms with Crippen molar-refractivity contribution in [3.8, 4) is 0 Å². The van der Waals surface area contributed by atoms with Gasteiger partial charge in [-0.1, -0.05) is 6.92 Å². The molecular weight excluding hydrogens is 182 g/mol. The molecule has 1 saturated heterocycles. The van der Waals surface area contributed by atoms with Gasteiger partial charge in [-0.2, -0.15) is 0 Å². The Bertz CT molecular complexity index is 198. The van der Waals surface area contributed by atoms with Gasteiger partial charge in [0.15, 0.2) is 0 Å². The van der Waals surface area contributed by atoms with Crippen molar-refractivity contribution < 1.29 is 9.90 Å². The van der Waals surface area contributed by atoms with Gasteiger partial charge in [-0.15, -0.1) is 0 Å². The summed E-state index contributed by atoms with van der Waals surface area (Å²) < 4.78 is 0. The zero-order chi connectivity index (χ0) is 10.6. The van der Waals surface area contributed by atoms with Gasteiger partial charge in [-0.25, -0.2) is 5.84 Å². The Hall–Kier alpha value is -0.650. The number of rotatable bonds is 4. The van der Waals surface area contributed by atoms with E-state index in [1.807, 2.05) is 6.92 Å². The lowest BCUT2D eigenvalue weighted by Crippen LogP contribution is -2.40. The van der Waals surface area contributed by atoms with Crippen LogP contribution in [0.2, 0.25) is 0 Å². The average Bonchev–Trinajstić information content (AvgIpc) is 2.64. The number of aliphatic hydroxyl groups is 1. The molecule has 0 radical (unpaired) electrons. The van der Waals surface area contributed by atoms with Gasteiger partial charge in [-0.05, 0) is 18.9 Å². The molecule has 0 saturated carbocycles. The predicted molar refractivity (Wildman–Crippen MR) is 53.1 cm³/mol. The van der Waals surface area contributed by atoms with E-state index < -0.39 is 0 Å². The Balaban J connectivity index is 2.28. The van der Waals surface area contributed by atoms with Gasteiger partial charge in [0.1, 0.15) is 0 Å². The number of carbonyl (C=O) groups excluding carboxylic acids is 1. The first-order chi connectivity index (χ1) is 6.67. The van der Waals surface area contributed by atoms with Crippen LogP contribution in [0.5, 0.6) is 0 Å². The van der Waals surface area contributed by atoms with Crippen LogP contribution in [-0.2, 0) is 4.79 Å². The van der Waals surface area contributed by atoms with Crippen molar-refractivity contribution in [1.29, 1.82) is 0 Å². The van der Waals surface area contributed by atoms with E-state index in [4.69, 9.17) is 10.9 Å². The summed E-state index contributed by atoms with van der Waals surface area (Å²) in [5.74, 6) is 5.21. The highest BCUT2D eigenvalue weighted by Crippen LogP contribution is 2.16. The molecule has 2 unspecified atom stereocenters. The molecule has 4 N–H and O–H groups in total. The molecule has 1 fully saturated rings. The number of hydrogen-bond acceptors (Lipinski definition) is 4. The fourth-order valence-electron chi connectivity index (χ4n) is 1.84. The third kappa shape index (κ3) is 2.94. The van der Waals surface area contributed by atoms with E-state index in [0.29, 0.717) is 5.92 Å². The molecule has 0 bridgehead atoms. The maximum atomic E-state index is 11.1. The minimum absolute atomic E-state index is 0.0857. The molecule has 0 aromatic heterocycles. The van der Waals surface area contributed by atoms with Crippen molar-refractivity contribution in [3.05, 3.63) is 0 Å². The van der Waals surface area contributed by atoms with Crippen molar-refractivity contribution in [2.45, 2.75) is 13.3 Å². The second-order valence-corrected chi connectivity index (χ2v) is 4.01. The third-order valence-corrected chi connectivity index (χ3v) is 2.75. The summed E-state index contributed by atoms with van der Waals surface area (Å²) >= 11 is 0. The van der Waals surface area contributed by atoms with E-state index in [2.05, 4.69) is 10.3 Å². The van der Waals surface area contributed by atoms with Crippen LogP contribution in [-0.4, -0.2) is 42.2 Å². The van der Waals surface area contributed by atoms with E-state index in [9.17, 15) is 4.79 Å². The molecule has 0 spiro atoms. The van der Waals surface area contributed by atoms with Crippen molar-refractivity contribution in [2.75, 3.05) is 26.2 Å². The van der Waals surface area contributed by atoms with Crippen LogP contribution in [0.15, 0.2) is 0 Å². The van der Waals surface area contributed by atoms with Crippen LogP contribution in [0.1, 0.15) is 13.3 Å². The number of amides is 1. The average molecular weight is 201 g/mol. The maximum absolute atomic E-state index is 11.1. The summed E-state index contributed by atoms with van der Waals surface area (Å²) in [6, 6.07) is 0. The van der Waals surface area contributed by atoms with Gasteiger partial charge in [-0.3, -0.25) is 10.2 Å². The molecule has 1 rings (SSSR count). The molecule has 1 aliphatic heterocycles. The number of aliphatic hydroxyl groups excluding tert-OH is 1. The molecular formula is C9H19N3O2. The lowest BCUT2D eigenvalue weighted by Gasteiger charge is -2.19. The summed E-state index contributed by atoms with van der Waals surface area (Å²) in [5.41, 5.74) is 2.15. The first-order valence-electron chi connectivity index (χ1n) is 5.01. The Kier molecular flexibility index (Phi) is 4.31. The van der Waals surface area contributed by atoms with Crippen LogP contribution in [0.25, 0.3) is 0 Å². The van der Waals surface area contributed by atoms with Gasteiger partial charge in [0.2, 0.25) is 5.91 Å². The van der Waals surface area contributed by atoms with Gasteiger partial charge in [0.05, 0.1) is 0 Å². The monoisotopic (exact) mass is 201 g/mol. The molecule has 14 heavy (non-hydrogen) atoms. The third-order valence-electron chi connectivity index (χ3n) is 2.75. The van der Waals surface area contributed by atoms with Crippen LogP contribution in [0, 0.1) is 11.8 Å². The molecule has 1 heterocycles.